The second-order valence-electron chi connectivity index (χ2n) is 4.63. The Morgan fingerprint density at radius 3 is 2.67 bits per heavy atom. The van der Waals surface area contributed by atoms with Crippen LogP contribution in [0, 0.1) is 11.8 Å². The summed E-state index contributed by atoms with van der Waals surface area (Å²) in [6.45, 7) is 5.02. The molecular weight excluding hydrogens is 188 g/mol. The standard InChI is InChI=1S/C13H24O2/c1-3-5-6-7-13(14)15-9-8-12-10-11(12)4-2/h11-12H,3-10H2,1-2H3/t11-,12+/m1/s1. The van der Waals surface area contributed by atoms with Crippen molar-refractivity contribution in [3.8, 4) is 0 Å². The molecule has 0 bridgehead atoms. The third-order valence-electron chi connectivity index (χ3n) is 3.33. The van der Waals surface area contributed by atoms with Crippen molar-refractivity contribution < 1.29 is 9.53 Å². The van der Waals surface area contributed by atoms with E-state index in [0.29, 0.717) is 13.0 Å². The highest BCUT2D eigenvalue weighted by atomic mass is 16.5. The molecule has 88 valence electrons. The Bertz CT molecular complexity index is 189. The minimum Gasteiger partial charge on any atom is -0.466 e. The van der Waals surface area contributed by atoms with Gasteiger partial charge in [-0.3, -0.25) is 4.79 Å². The smallest absolute Gasteiger partial charge is 0.305 e. The van der Waals surface area contributed by atoms with Gasteiger partial charge in [0.15, 0.2) is 0 Å². The molecular formula is C13H24O2. The van der Waals surface area contributed by atoms with Crippen LogP contribution in [-0.2, 0) is 9.53 Å². The number of carbonyl (C=O) groups excluding carboxylic acids is 1. The summed E-state index contributed by atoms with van der Waals surface area (Å²) in [4.78, 5) is 11.2. The molecule has 0 radical (unpaired) electrons. The largest absolute Gasteiger partial charge is 0.466 e. The van der Waals surface area contributed by atoms with Crippen molar-refractivity contribution in [3.63, 3.8) is 0 Å². The minimum absolute atomic E-state index is 0.00264. The molecule has 2 atom stereocenters. The SMILES string of the molecule is CCCCCC(=O)OCC[C@H]1C[C@H]1CC. The van der Waals surface area contributed by atoms with Gasteiger partial charge < -0.3 is 4.74 Å². The van der Waals surface area contributed by atoms with Crippen LogP contribution in [-0.4, -0.2) is 12.6 Å². The highest BCUT2D eigenvalue weighted by Crippen LogP contribution is 2.43. The van der Waals surface area contributed by atoms with E-state index >= 15 is 0 Å². The Morgan fingerprint density at radius 1 is 1.27 bits per heavy atom. The average Bonchev–Trinajstić information content (AvgIpc) is 2.97. The van der Waals surface area contributed by atoms with Gasteiger partial charge >= 0.3 is 5.97 Å². The second-order valence-corrected chi connectivity index (χ2v) is 4.63. The Hall–Kier alpha value is -0.530. The van der Waals surface area contributed by atoms with Crippen LogP contribution in [0.1, 0.15) is 58.8 Å². The number of hydrogen-bond donors (Lipinski definition) is 0. The van der Waals surface area contributed by atoms with Crippen molar-refractivity contribution in [1.29, 1.82) is 0 Å². The zero-order chi connectivity index (χ0) is 11.1. The zero-order valence-electron chi connectivity index (χ0n) is 10.1. The quantitative estimate of drug-likeness (QED) is 0.454. The van der Waals surface area contributed by atoms with Crippen molar-refractivity contribution >= 4 is 5.97 Å². The molecule has 1 rings (SSSR count). The lowest BCUT2D eigenvalue weighted by molar-refractivity contribution is -0.144. The van der Waals surface area contributed by atoms with E-state index in [1.165, 1.54) is 12.8 Å². The van der Waals surface area contributed by atoms with Crippen molar-refractivity contribution in [2.75, 3.05) is 6.61 Å². The van der Waals surface area contributed by atoms with Gasteiger partial charge in [0.05, 0.1) is 6.61 Å². The van der Waals surface area contributed by atoms with E-state index in [2.05, 4.69) is 13.8 Å². The molecule has 0 amide bonds. The van der Waals surface area contributed by atoms with Crippen molar-refractivity contribution in [3.05, 3.63) is 0 Å². The molecule has 15 heavy (non-hydrogen) atoms. The van der Waals surface area contributed by atoms with Gasteiger partial charge in [0, 0.05) is 6.42 Å². The van der Waals surface area contributed by atoms with E-state index in [9.17, 15) is 4.79 Å². The van der Waals surface area contributed by atoms with Gasteiger partial charge in [-0.15, -0.1) is 0 Å². The summed E-state index contributed by atoms with van der Waals surface area (Å²) in [7, 11) is 0. The van der Waals surface area contributed by atoms with Gasteiger partial charge in [0.2, 0.25) is 0 Å². The topological polar surface area (TPSA) is 26.3 Å². The van der Waals surface area contributed by atoms with Crippen molar-refractivity contribution in [2.24, 2.45) is 11.8 Å². The minimum atomic E-state index is -0.00264. The lowest BCUT2D eigenvalue weighted by Crippen LogP contribution is -2.06. The van der Waals surface area contributed by atoms with Crippen LogP contribution in [0.15, 0.2) is 0 Å². The fourth-order valence-electron chi connectivity index (χ4n) is 2.08. The van der Waals surface area contributed by atoms with Crippen LogP contribution in [0.25, 0.3) is 0 Å². The molecule has 1 aliphatic rings. The molecule has 2 nitrogen and oxygen atoms in total. The van der Waals surface area contributed by atoms with Gasteiger partial charge in [-0.1, -0.05) is 33.1 Å². The number of rotatable bonds is 8. The van der Waals surface area contributed by atoms with Gasteiger partial charge in [-0.2, -0.15) is 0 Å². The first kappa shape index (κ1) is 12.5. The Morgan fingerprint density at radius 2 is 2.07 bits per heavy atom. The van der Waals surface area contributed by atoms with Crippen LogP contribution >= 0.6 is 0 Å². The van der Waals surface area contributed by atoms with Gasteiger partial charge in [-0.05, 0) is 31.1 Å². The molecule has 1 saturated carbocycles. The molecule has 0 N–H and O–H groups in total. The number of unbranched alkanes of at least 4 members (excludes halogenated alkanes) is 2. The number of carbonyl (C=O) groups is 1. The molecule has 2 heteroatoms. The second kappa shape index (κ2) is 6.86. The molecule has 0 aromatic heterocycles. The summed E-state index contributed by atoms with van der Waals surface area (Å²) >= 11 is 0. The van der Waals surface area contributed by atoms with Crippen LogP contribution in [0.5, 0.6) is 0 Å². The molecule has 1 aliphatic carbocycles. The highest BCUT2D eigenvalue weighted by Gasteiger charge is 2.34. The lowest BCUT2D eigenvalue weighted by Gasteiger charge is -2.03. The number of ether oxygens (including phenoxy) is 1. The van der Waals surface area contributed by atoms with E-state index in [-0.39, 0.29) is 5.97 Å². The third-order valence-corrected chi connectivity index (χ3v) is 3.33. The summed E-state index contributed by atoms with van der Waals surface area (Å²) in [5, 5.41) is 0. The summed E-state index contributed by atoms with van der Waals surface area (Å²) < 4.78 is 5.19. The Balaban J connectivity index is 1.89. The zero-order valence-corrected chi connectivity index (χ0v) is 10.1. The predicted molar refractivity (Wildman–Crippen MR) is 61.6 cm³/mol. The first-order valence-corrected chi connectivity index (χ1v) is 6.43. The van der Waals surface area contributed by atoms with E-state index in [1.807, 2.05) is 0 Å². The van der Waals surface area contributed by atoms with Gasteiger partial charge in [0.1, 0.15) is 0 Å². The molecule has 0 heterocycles. The van der Waals surface area contributed by atoms with Crippen LogP contribution < -0.4 is 0 Å². The summed E-state index contributed by atoms with van der Waals surface area (Å²) in [6, 6.07) is 0. The molecule has 0 saturated heterocycles. The van der Waals surface area contributed by atoms with Gasteiger partial charge in [0.25, 0.3) is 0 Å². The van der Waals surface area contributed by atoms with Crippen molar-refractivity contribution in [1.82, 2.24) is 0 Å². The molecule has 0 aromatic rings. The summed E-state index contributed by atoms with van der Waals surface area (Å²) in [5.41, 5.74) is 0. The molecule has 1 fully saturated rings. The number of esters is 1. The molecule has 0 aromatic carbocycles. The highest BCUT2D eigenvalue weighted by molar-refractivity contribution is 5.69. The summed E-state index contributed by atoms with van der Waals surface area (Å²) in [5.74, 6) is 1.76. The van der Waals surface area contributed by atoms with Crippen LogP contribution in [0.4, 0.5) is 0 Å². The fourth-order valence-corrected chi connectivity index (χ4v) is 2.08. The average molecular weight is 212 g/mol. The third kappa shape index (κ3) is 5.19. The maximum Gasteiger partial charge on any atom is 0.305 e. The predicted octanol–water partition coefficient (Wildman–Crippen LogP) is 3.55. The normalized spacial score (nSPS) is 23.9. The van der Waals surface area contributed by atoms with Gasteiger partial charge in [-0.25, -0.2) is 0 Å². The first-order chi connectivity index (χ1) is 7.27. The van der Waals surface area contributed by atoms with E-state index in [4.69, 9.17) is 4.74 Å². The Kier molecular flexibility index (Phi) is 5.74. The molecule has 0 spiro atoms. The maximum absolute atomic E-state index is 11.2. The van der Waals surface area contributed by atoms with Crippen molar-refractivity contribution in [2.45, 2.75) is 58.8 Å². The van der Waals surface area contributed by atoms with Crippen LogP contribution in [0.2, 0.25) is 0 Å². The van der Waals surface area contributed by atoms with E-state index in [1.54, 1.807) is 0 Å². The molecule has 0 unspecified atom stereocenters. The maximum atomic E-state index is 11.2. The fraction of sp³-hybridized carbons (Fsp3) is 0.923. The lowest BCUT2D eigenvalue weighted by atomic mass is 10.2. The monoisotopic (exact) mass is 212 g/mol. The molecule has 0 aliphatic heterocycles. The summed E-state index contributed by atoms with van der Waals surface area (Å²) in [6.07, 6.45) is 7.60. The first-order valence-electron chi connectivity index (χ1n) is 6.43. The number of hydrogen-bond acceptors (Lipinski definition) is 2. The van der Waals surface area contributed by atoms with E-state index in [0.717, 1.165) is 37.5 Å². The Labute approximate surface area is 93.4 Å². The van der Waals surface area contributed by atoms with Crippen LogP contribution in [0.3, 0.4) is 0 Å². The van der Waals surface area contributed by atoms with E-state index < -0.39 is 0 Å².